The van der Waals surface area contributed by atoms with Crippen molar-refractivity contribution >= 4 is 11.8 Å². The highest BCUT2D eigenvalue weighted by atomic mass is 16.2. The van der Waals surface area contributed by atoms with Gasteiger partial charge in [0.25, 0.3) is 0 Å². The summed E-state index contributed by atoms with van der Waals surface area (Å²) in [5.41, 5.74) is 8.16. The quantitative estimate of drug-likeness (QED) is 0.742. The maximum atomic E-state index is 12.2. The number of rotatable bonds is 7. The molecule has 5 heteroatoms. The highest BCUT2D eigenvalue weighted by Gasteiger charge is 2.25. The maximum Gasteiger partial charge on any atom is 0.221 e. The number of benzene rings is 1. The summed E-state index contributed by atoms with van der Waals surface area (Å²) in [5.74, 6) is 0.325. The minimum absolute atomic E-state index is 0.00854. The van der Waals surface area contributed by atoms with Crippen LogP contribution in [-0.2, 0) is 16.0 Å². The third-order valence-corrected chi connectivity index (χ3v) is 5.57. The second-order valence-corrected chi connectivity index (χ2v) is 7.38. The number of carbonyl (C=O) groups excluding carboxylic acids is 2. The maximum absolute atomic E-state index is 12.2. The number of carbonyl (C=O) groups is 2. The summed E-state index contributed by atoms with van der Waals surface area (Å²) in [6.07, 6.45) is 5.61. The molecule has 136 valence electrons. The second kappa shape index (κ2) is 8.48. The molecule has 0 radical (unpaired) electrons. The molecule has 0 saturated carbocycles. The Kier molecular flexibility index (Phi) is 6.08. The topological polar surface area (TPSA) is 75.4 Å². The highest BCUT2D eigenvalue weighted by molar-refractivity contribution is 5.77. The van der Waals surface area contributed by atoms with Gasteiger partial charge in [0.1, 0.15) is 0 Å². The molecule has 2 aliphatic rings. The van der Waals surface area contributed by atoms with Crippen molar-refractivity contribution in [1.29, 1.82) is 0 Å². The Balaban J connectivity index is 1.34. The Morgan fingerprint density at radius 1 is 1.24 bits per heavy atom. The number of hydrogen-bond donors (Lipinski definition) is 2. The van der Waals surface area contributed by atoms with Crippen LogP contribution >= 0.6 is 0 Å². The molecule has 1 fully saturated rings. The van der Waals surface area contributed by atoms with Crippen molar-refractivity contribution < 1.29 is 9.59 Å². The van der Waals surface area contributed by atoms with Crippen LogP contribution in [0.3, 0.4) is 0 Å². The van der Waals surface area contributed by atoms with Crippen molar-refractivity contribution in [2.45, 2.75) is 44.4 Å². The lowest BCUT2D eigenvalue weighted by Gasteiger charge is -2.31. The predicted octanol–water partition coefficient (Wildman–Crippen LogP) is 1.81. The summed E-state index contributed by atoms with van der Waals surface area (Å²) in [6.45, 7) is 3.40. The molecular formula is C20H29N3O2. The predicted molar refractivity (Wildman–Crippen MR) is 98.1 cm³/mol. The summed E-state index contributed by atoms with van der Waals surface area (Å²) in [4.78, 5) is 25.8. The van der Waals surface area contributed by atoms with E-state index >= 15 is 0 Å². The Morgan fingerprint density at radius 2 is 2.08 bits per heavy atom. The van der Waals surface area contributed by atoms with Crippen molar-refractivity contribution in [2.75, 3.05) is 26.2 Å². The average molecular weight is 343 g/mol. The first kappa shape index (κ1) is 17.9. The van der Waals surface area contributed by atoms with Gasteiger partial charge in [0, 0.05) is 19.5 Å². The smallest absolute Gasteiger partial charge is 0.221 e. The summed E-state index contributed by atoms with van der Waals surface area (Å²) < 4.78 is 0. The molecule has 0 bridgehead atoms. The number of nitrogens with one attached hydrogen (secondary N) is 1. The Morgan fingerprint density at radius 3 is 2.92 bits per heavy atom. The number of aryl methyl sites for hydroxylation is 1. The van der Waals surface area contributed by atoms with Crippen molar-refractivity contribution in [3.8, 4) is 0 Å². The Bertz CT molecular complexity index is 617. The standard InChI is InChI=1S/C20H29N3O2/c21-20(25)17-6-3-11-23(14-17)12-4-10-22-19(24)13-16-9-8-15-5-1-2-7-18(15)16/h1-2,5,7,16-17H,3-4,6,8-14H2,(H2,21,25)(H,22,24)/t16-,17+/m1/s1. The van der Waals surface area contributed by atoms with Gasteiger partial charge >= 0.3 is 0 Å². The largest absolute Gasteiger partial charge is 0.369 e. The normalized spacial score (nSPS) is 23.2. The molecule has 2 amide bonds. The van der Waals surface area contributed by atoms with Crippen LogP contribution in [0.1, 0.15) is 49.1 Å². The minimum atomic E-state index is -0.185. The van der Waals surface area contributed by atoms with Crippen molar-refractivity contribution in [3.05, 3.63) is 35.4 Å². The van der Waals surface area contributed by atoms with E-state index in [9.17, 15) is 9.59 Å². The molecular weight excluding hydrogens is 314 g/mol. The summed E-state index contributed by atoms with van der Waals surface area (Å²) in [5, 5.41) is 3.06. The van der Waals surface area contributed by atoms with E-state index < -0.39 is 0 Å². The molecule has 1 saturated heterocycles. The molecule has 2 atom stereocenters. The number of amides is 2. The van der Waals surface area contributed by atoms with Gasteiger partial charge in [-0.15, -0.1) is 0 Å². The van der Waals surface area contributed by atoms with E-state index in [0.29, 0.717) is 18.9 Å². The molecule has 25 heavy (non-hydrogen) atoms. The second-order valence-electron chi connectivity index (χ2n) is 7.38. The lowest BCUT2D eigenvalue weighted by molar-refractivity contribution is -0.123. The molecule has 5 nitrogen and oxygen atoms in total. The van der Waals surface area contributed by atoms with Crippen LogP contribution in [0.5, 0.6) is 0 Å². The van der Waals surface area contributed by atoms with Gasteiger partial charge in [0.15, 0.2) is 0 Å². The fraction of sp³-hybridized carbons (Fsp3) is 0.600. The molecule has 0 unspecified atom stereocenters. The monoisotopic (exact) mass is 343 g/mol. The number of hydrogen-bond acceptors (Lipinski definition) is 3. The van der Waals surface area contributed by atoms with E-state index in [1.807, 2.05) is 0 Å². The number of nitrogens with zero attached hydrogens (tertiary/aromatic N) is 1. The molecule has 1 heterocycles. The first-order valence-corrected chi connectivity index (χ1v) is 9.49. The third-order valence-electron chi connectivity index (χ3n) is 5.57. The van der Waals surface area contributed by atoms with E-state index in [1.165, 1.54) is 11.1 Å². The van der Waals surface area contributed by atoms with Crippen LogP contribution in [-0.4, -0.2) is 42.9 Å². The number of nitrogens with two attached hydrogens (primary N) is 1. The van der Waals surface area contributed by atoms with E-state index in [-0.39, 0.29) is 17.7 Å². The van der Waals surface area contributed by atoms with E-state index in [0.717, 1.165) is 51.7 Å². The highest BCUT2D eigenvalue weighted by Crippen LogP contribution is 2.34. The number of likely N-dealkylation sites (tertiary alicyclic amines) is 1. The summed E-state index contributed by atoms with van der Waals surface area (Å²) >= 11 is 0. The van der Waals surface area contributed by atoms with Gasteiger partial charge < -0.3 is 16.0 Å². The first-order chi connectivity index (χ1) is 12.1. The number of fused-ring (bicyclic) bond motifs is 1. The minimum Gasteiger partial charge on any atom is -0.369 e. The van der Waals surface area contributed by atoms with E-state index in [2.05, 4.69) is 34.5 Å². The van der Waals surface area contributed by atoms with E-state index in [4.69, 9.17) is 5.73 Å². The Labute approximate surface area is 150 Å². The zero-order chi connectivity index (χ0) is 17.6. The van der Waals surface area contributed by atoms with Crippen LogP contribution in [0, 0.1) is 5.92 Å². The summed E-state index contributed by atoms with van der Waals surface area (Å²) in [6, 6.07) is 8.47. The first-order valence-electron chi connectivity index (χ1n) is 9.49. The molecule has 1 aliphatic carbocycles. The molecule has 1 aliphatic heterocycles. The zero-order valence-electron chi connectivity index (χ0n) is 14.9. The van der Waals surface area contributed by atoms with Crippen LogP contribution in [0.25, 0.3) is 0 Å². The average Bonchev–Trinajstić information content (AvgIpc) is 3.02. The van der Waals surface area contributed by atoms with Gasteiger partial charge in [-0.3, -0.25) is 9.59 Å². The zero-order valence-corrected chi connectivity index (χ0v) is 14.9. The van der Waals surface area contributed by atoms with Gasteiger partial charge in [0.2, 0.25) is 11.8 Å². The number of primary amides is 1. The molecule has 1 aromatic carbocycles. The van der Waals surface area contributed by atoms with Gasteiger partial charge in [0.05, 0.1) is 5.92 Å². The Hall–Kier alpha value is -1.88. The van der Waals surface area contributed by atoms with Crippen LogP contribution in [0.15, 0.2) is 24.3 Å². The molecule has 0 aromatic heterocycles. The van der Waals surface area contributed by atoms with Crippen LogP contribution in [0.4, 0.5) is 0 Å². The van der Waals surface area contributed by atoms with Crippen molar-refractivity contribution in [2.24, 2.45) is 11.7 Å². The van der Waals surface area contributed by atoms with Crippen molar-refractivity contribution in [3.63, 3.8) is 0 Å². The number of piperidine rings is 1. The van der Waals surface area contributed by atoms with Crippen LogP contribution < -0.4 is 11.1 Å². The SMILES string of the molecule is NC(=O)[C@H]1CCCN(CCCNC(=O)C[C@H]2CCc3ccccc32)C1. The van der Waals surface area contributed by atoms with Gasteiger partial charge in [-0.05, 0) is 62.2 Å². The molecule has 3 N–H and O–H groups in total. The van der Waals surface area contributed by atoms with Gasteiger partial charge in [-0.25, -0.2) is 0 Å². The van der Waals surface area contributed by atoms with Crippen molar-refractivity contribution in [1.82, 2.24) is 10.2 Å². The lowest BCUT2D eigenvalue weighted by atomic mass is 9.97. The van der Waals surface area contributed by atoms with Crippen LogP contribution in [0.2, 0.25) is 0 Å². The lowest BCUT2D eigenvalue weighted by Crippen LogP contribution is -2.42. The molecule has 0 spiro atoms. The fourth-order valence-electron chi connectivity index (χ4n) is 4.17. The molecule has 1 aromatic rings. The van der Waals surface area contributed by atoms with E-state index in [1.54, 1.807) is 0 Å². The van der Waals surface area contributed by atoms with Gasteiger partial charge in [-0.2, -0.15) is 0 Å². The summed E-state index contributed by atoms with van der Waals surface area (Å²) in [7, 11) is 0. The third kappa shape index (κ3) is 4.82. The molecule has 3 rings (SSSR count). The van der Waals surface area contributed by atoms with Gasteiger partial charge in [-0.1, -0.05) is 24.3 Å². The fourth-order valence-corrected chi connectivity index (χ4v) is 4.17.